The number of ether oxygens (including phenoxy) is 1. The normalized spacial score (nSPS) is 9.90. The van der Waals surface area contributed by atoms with Gasteiger partial charge in [0.05, 0.1) is 6.54 Å². The van der Waals surface area contributed by atoms with Gasteiger partial charge >= 0.3 is 0 Å². The van der Waals surface area contributed by atoms with Crippen LogP contribution in [0.4, 0.5) is 0 Å². The molecule has 0 fully saturated rings. The first-order valence-corrected chi connectivity index (χ1v) is 7.08. The average molecular weight is 279 g/mol. The Labute approximate surface area is 126 Å². The summed E-state index contributed by atoms with van der Waals surface area (Å²) in [4.78, 5) is 0. The number of benzene rings is 2. The summed E-state index contributed by atoms with van der Waals surface area (Å²) in [5.41, 5.74) is 11.2. The third-order valence-corrected chi connectivity index (χ3v) is 3.45. The lowest BCUT2D eigenvalue weighted by molar-refractivity contribution is 0.303. The quantitative estimate of drug-likeness (QED) is 0.873. The Morgan fingerprint density at radius 2 is 1.76 bits per heavy atom. The third kappa shape index (κ3) is 4.11. The lowest BCUT2D eigenvalue weighted by atomic mass is 10.1. The molecule has 0 amide bonds. The first kappa shape index (κ1) is 15.2. The first-order chi connectivity index (χ1) is 10.1. The minimum absolute atomic E-state index is 0.386. The number of hydrogen-bond donors (Lipinski definition) is 1. The van der Waals surface area contributed by atoms with Crippen LogP contribution in [0.3, 0.4) is 0 Å². The van der Waals surface area contributed by atoms with Crippen LogP contribution in [0.1, 0.15) is 27.8 Å². The maximum Gasteiger partial charge on any atom is 0.123 e. The van der Waals surface area contributed by atoms with E-state index in [1.807, 2.05) is 24.3 Å². The van der Waals surface area contributed by atoms with Crippen molar-refractivity contribution in [2.24, 2.45) is 5.73 Å². The van der Waals surface area contributed by atoms with Crippen molar-refractivity contribution in [3.63, 3.8) is 0 Å². The number of rotatable bonds is 3. The van der Waals surface area contributed by atoms with Crippen LogP contribution >= 0.6 is 0 Å². The summed E-state index contributed by atoms with van der Waals surface area (Å²) in [6.45, 7) is 7.24. The van der Waals surface area contributed by atoms with Crippen LogP contribution in [0.5, 0.6) is 5.75 Å². The molecule has 21 heavy (non-hydrogen) atoms. The Balaban J connectivity index is 2.06. The maximum absolute atomic E-state index is 5.95. The van der Waals surface area contributed by atoms with Gasteiger partial charge in [0.25, 0.3) is 0 Å². The van der Waals surface area contributed by atoms with E-state index in [-0.39, 0.29) is 0 Å². The molecular weight excluding hydrogens is 258 g/mol. The van der Waals surface area contributed by atoms with E-state index in [1.54, 1.807) is 0 Å². The fraction of sp³-hybridized carbons (Fsp3) is 0.263. The second-order valence-electron chi connectivity index (χ2n) is 5.20. The predicted molar refractivity (Wildman–Crippen MR) is 87.4 cm³/mol. The fourth-order valence-electron chi connectivity index (χ4n) is 2.15. The smallest absolute Gasteiger partial charge is 0.123 e. The van der Waals surface area contributed by atoms with Gasteiger partial charge in [-0.05, 0) is 61.2 Å². The van der Waals surface area contributed by atoms with E-state index in [0.717, 1.165) is 16.9 Å². The van der Waals surface area contributed by atoms with E-state index in [4.69, 9.17) is 10.5 Å². The molecule has 2 nitrogen and oxygen atoms in total. The number of aryl methyl sites for hydroxylation is 2. The predicted octanol–water partition coefficient (Wildman–Crippen LogP) is 3.50. The second-order valence-corrected chi connectivity index (χ2v) is 5.20. The van der Waals surface area contributed by atoms with Crippen LogP contribution < -0.4 is 10.5 Å². The van der Waals surface area contributed by atoms with Crippen LogP contribution in [-0.4, -0.2) is 6.54 Å². The Kier molecular flexibility index (Phi) is 5.03. The Morgan fingerprint density at radius 3 is 2.43 bits per heavy atom. The van der Waals surface area contributed by atoms with Gasteiger partial charge < -0.3 is 10.5 Å². The average Bonchev–Trinajstić information content (AvgIpc) is 2.48. The molecule has 2 aromatic rings. The summed E-state index contributed by atoms with van der Waals surface area (Å²) in [5.74, 6) is 6.82. The van der Waals surface area contributed by atoms with Gasteiger partial charge in [0.1, 0.15) is 12.4 Å². The molecule has 0 aliphatic rings. The van der Waals surface area contributed by atoms with Crippen molar-refractivity contribution in [2.75, 3.05) is 6.54 Å². The van der Waals surface area contributed by atoms with Gasteiger partial charge in [-0.3, -0.25) is 0 Å². The van der Waals surface area contributed by atoms with Crippen molar-refractivity contribution < 1.29 is 4.74 Å². The largest absolute Gasteiger partial charge is 0.489 e. The van der Waals surface area contributed by atoms with Crippen molar-refractivity contribution in [3.05, 3.63) is 64.2 Å². The summed E-state index contributed by atoms with van der Waals surface area (Å²) in [6.07, 6.45) is 0. The Hall–Kier alpha value is -2.24. The molecule has 0 atom stereocenters. The molecule has 2 aromatic carbocycles. The van der Waals surface area contributed by atoms with E-state index in [1.165, 1.54) is 16.7 Å². The van der Waals surface area contributed by atoms with Gasteiger partial charge in [-0.25, -0.2) is 0 Å². The molecule has 0 spiro atoms. The highest BCUT2D eigenvalue weighted by Crippen LogP contribution is 2.24. The lowest BCUT2D eigenvalue weighted by Crippen LogP contribution is -1.99. The highest BCUT2D eigenvalue weighted by atomic mass is 16.5. The van der Waals surface area contributed by atoms with Gasteiger partial charge in [-0.2, -0.15) is 0 Å². The highest BCUT2D eigenvalue weighted by Gasteiger charge is 2.04. The van der Waals surface area contributed by atoms with E-state index in [0.29, 0.717) is 13.2 Å². The summed E-state index contributed by atoms with van der Waals surface area (Å²) in [5, 5.41) is 0. The van der Waals surface area contributed by atoms with Crippen LogP contribution in [0.15, 0.2) is 36.4 Å². The molecular formula is C19H21NO. The molecule has 0 radical (unpaired) electrons. The van der Waals surface area contributed by atoms with E-state index < -0.39 is 0 Å². The molecule has 0 aliphatic carbocycles. The van der Waals surface area contributed by atoms with Crippen LogP contribution in [0, 0.1) is 32.6 Å². The molecule has 0 aliphatic heterocycles. The number of hydrogen-bond acceptors (Lipinski definition) is 2. The minimum Gasteiger partial charge on any atom is -0.489 e. The maximum atomic E-state index is 5.95. The Morgan fingerprint density at radius 1 is 1.05 bits per heavy atom. The topological polar surface area (TPSA) is 35.2 Å². The zero-order valence-electron chi connectivity index (χ0n) is 12.9. The van der Waals surface area contributed by atoms with E-state index in [9.17, 15) is 0 Å². The van der Waals surface area contributed by atoms with Gasteiger partial charge in [0.2, 0.25) is 0 Å². The van der Waals surface area contributed by atoms with Crippen LogP contribution in [-0.2, 0) is 6.61 Å². The number of nitrogens with two attached hydrogens (primary N) is 1. The molecule has 2 rings (SSSR count). The van der Waals surface area contributed by atoms with Gasteiger partial charge in [-0.15, -0.1) is 0 Å². The molecule has 0 unspecified atom stereocenters. The molecule has 0 aromatic heterocycles. The monoisotopic (exact) mass is 279 g/mol. The summed E-state index contributed by atoms with van der Waals surface area (Å²) in [7, 11) is 0. The fourth-order valence-corrected chi connectivity index (χ4v) is 2.15. The Bertz CT molecular complexity index is 675. The zero-order chi connectivity index (χ0) is 15.2. The second kappa shape index (κ2) is 6.97. The molecule has 0 saturated carbocycles. The highest BCUT2D eigenvalue weighted by molar-refractivity contribution is 5.42. The van der Waals surface area contributed by atoms with Crippen molar-refractivity contribution in [1.29, 1.82) is 0 Å². The van der Waals surface area contributed by atoms with Gasteiger partial charge in [0, 0.05) is 5.56 Å². The molecule has 2 heteroatoms. The van der Waals surface area contributed by atoms with Crippen molar-refractivity contribution in [3.8, 4) is 17.6 Å². The van der Waals surface area contributed by atoms with Crippen molar-refractivity contribution in [1.82, 2.24) is 0 Å². The van der Waals surface area contributed by atoms with Gasteiger partial charge in [-0.1, -0.05) is 30.0 Å². The SMILES string of the molecule is Cc1cc(C)c(C)c(OCc2ccc(C#CCN)cc2)c1. The molecule has 0 heterocycles. The third-order valence-electron chi connectivity index (χ3n) is 3.45. The van der Waals surface area contributed by atoms with Crippen molar-refractivity contribution in [2.45, 2.75) is 27.4 Å². The van der Waals surface area contributed by atoms with Crippen LogP contribution in [0.2, 0.25) is 0 Å². The summed E-state index contributed by atoms with van der Waals surface area (Å²) in [6, 6.07) is 12.3. The standard InChI is InChI=1S/C19H21NO/c1-14-11-15(2)16(3)19(12-14)21-13-18-8-6-17(7-9-18)5-4-10-20/h6-9,11-12H,10,13,20H2,1-3H3. The summed E-state index contributed by atoms with van der Waals surface area (Å²) < 4.78 is 5.95. The lowest BCUT2D eigenvalue weighted by Gasteiger charge is -2.12. The van der Waals surface area contributed by atoms with Crippen LogP contribution in [0.25, 0.3) is 0 Å². The van der Waals surface area contributed by atoms with E-state index in [2.05, 4.69) is 44.7 Å². The zero-order valence-corrected chi connectivity index (χ0v) is 12.9. The molecule has 0 bridgehead atoms. The minimum atomic E-state index is 0.386. The van der Waals surface area contributed by atoms with Crippen molar-refractivity contribution >= 4 is 0 Å². The molecule has 108 valence electrons. The molecule has 2 N–H and O–H groups in total. The summed E-state index contributed by atoms with van der Waals surface area (Å²) >= 11 is 0. The van der Waals surface area contributed by atoms with E-state index >= 15 is 0 Å². The van der Waals surface area contributed by atoms with Gasteiger partial charge in [0.15, 0.2) is 0 Å². The molecule has 0 saturated heterocycles. The first-order valence-electron chi connectivity index (χ1n) is 7.08.